The van der Waals surface area contributed by atoms with Crippen molar-refractivity contribution in [3.8, 4) is 0 Å². The second-order valence-electron chi connectivity index (χ2n) is 7.61. The first-order valence-corrected chi connectivity index (χ1v) is 12.8. The van der Waals surface area contributed by atoms with Gasteiger partial charge in [-0.3, -0.25) is 14.6 Å². The Morgan fingerprint density at radius 1 is 1.00 bits per heavy atom. The first kappa shape index (κ1) is 23.1. The van der Waals surface area contributed by atoms with Crippen molar-refractivity contribution in [3.05, 3.63) is 82.8 Å². The summed E-state index contributed by atoms with van der Waals surface area (Å²) in [6.45, 7) is 0.858. The predicted molar refractivity (Wildman–Crippen MR) is 125 cm³/mol. The van der Waals surface area contributed by atoms with Gasteiger partial charge in [-0.2, -0.15) is 4.31 Å². The van der Waals surface area contributed by atoms with Crippen LogP contribution in [0.2, 0.25) is 0 Å². The Hall–Kier alpha value is -3.08. The number of hydrogen-bond donors (Lipinski definition) is 1. The lowest BCUT2D eigenvalue weighted by Gasteiger charge is -2.36. The fraction of sp³-hybridized carbons (Fsp3) is 0.261. The summed E-state index contributed by atoms with van der Waals surface area (Å²) in [6, 6.07) is 15.3. The van der Waals surface area contributed by atoms with Crippen molar-refractivity contribution in [1.29, 1.82) is 0 Å². The monoisotopic (exact) mass is 484 g/mol. The highest BCUT2D eigenvalue weighted by Gasteiger charge is 2.33. The highest BCUT2D eigenvalue weighted by Crippen LogP contribution is 2.18. The summed E-state index contributed by atoms with van der Waals surface area (Å²) in [4.78, 5) is 32.2. The molecule has 0 aliphatic carbocycles. The molecular weight excluding hydrogens is 460 g/mol. The van der Waals surface area contributed by atoms with Crippen molar-refractivity contribution in [3.63, 3.8) is 0 Å². The number of rotatable bonds is 7. The SMILES string of the molecule is O=C(NC(Cc1ccccc1)C(=O)N1CCN(S(=O)(=O)c2cccnc2)CC1)c1cccs1. The van der Waals surface area contributed by atoms with Gasteiger partial charge in [0.05, 0.1) is 4.88 Å². The number of carbonyl (C=O) groups excluding carboxylic acids is 2. The van der Waals surface area contributed by atoms with E-state index >= 15 is 0 Å². The molecule has 1 N–H and O–H groups in total. The van der Waals surface area contributed by atoms with Crippen molar-refractivity contribution in [2.75, 3.05) is 26.2 Å². The fourth-order valence-corrected chi connectivity index (χ4v) is 5.72. The molecule has 0 radical (unpaired) electrons. The molecule has 2 aromatic heterocycles. The van der Waals surface area contributed by atoms with Gasteiger partial charge in [-0.05, 0) is 29.1 Å². The largest absolute Gasteiger partial charge is 0.339 e. The number of sulfonamides is 1. The number of carbonyl (C=O) groups is 2. The smallest absolute Gasteiger partial charge is 0.262 e. The van der Waals surface area contributed by atoms with Crippen LogP contribution in [0.4, 0.5) is 0 Å². The second-order valence-corrected chi connectivity index (χ2v) is 10.5. The van der Waals surface area contributed by atoms with Gasteiger partial charge in [0.25, 0.3) is 5.91 Å². The maximum atomic E-state index is 13.4. The van der Waals surface area contributed by atoms with E-state index in [2.05, 4.69) is 10.3 Å². The van der Waals surface area contributed by atoms with E-state index < -0.39 is 16.1 Å². The van der Waals surface area contributed by atoms with Crippen molar-refractivity contribution in [2.45, 2.75) is 17.4 Å². The molecule has 0 bridgehead atoms. The average molecular weight is 485 g/mol. The first-order chi connectivity index (χ1) is 15.9. The Bertz CT molecular complexity index is 1180. The Labute approximate surface area is 196 Å². The van der Waals surface area contributed by atoms with Gasteiger partial charge in [-0.15, -0.1) is 11.3 Å². The minimum absolute atomic E-state index is 0.134. The van der Waals surface area contributed by atoms with Crippen LogP contribution in [0.15, 0.2) is 77.3 Å². The molecule has 4 rings (SSSR count). The van der Waals surface area contributed by atoms with Crippen LogP contribution in [0.25, 0.3) is 0 Å². The molecule has 0 saturated carbocycles. The zero-order valence-corrected chi connectivity index (χ0v) is 19.5. The van der Waals surface area contributed by atoms with Gasteiger partial charge in [-0.25, -0.2) is 8.42 Å². The fourth-order valence-electron chi connectivity index (χ4n) is 3.70. The van der Waals surface area contributed by atoms with Crippen LogP contribution in [0.1, 0.15) is 15.2 Å². The third kappa shape index (κ3) is 5.47. The quantitative estimate of drug-likeness (QED) is 0.553. The second kappa shape index (κ2) is 10.2. The zero-order valence-electron chi connectivity index (χ0n) is 17.8. The van der Waals surface area contributed by atoms with Gasteiger partial charge in [0.15, 0.2) is 0 Å². The van der Waals surface area contributed by atoms with Crippen LogP contribution >= 0.6 is 11.3 Å². The van der Waals surface area contributed by atoms with Gasteiger partial charge < -0.3 is 10.2 Å². The molecule has 3 heterocycles. The first-order valence-electron chi connectivity index (χ1n) is 10.5. The average Bonchev–Trinajstić information content (AvgIpc) is 3.40. The number of nitrogens with zero attached hydrogens (tertiary/aromatic N) is 3. The normalized spacial score (nSPS) is 15.7. The highest BCUT2D eigenvalue weighted by atomic mass is 32.2. The van der Waals surface area contributed by atoms with Crippen molar-refractivity contribution >= 4 is 33.2 Å². The highest BCUT2D eigenvalue weighted by molar-refractivity contribution is 7.89. The summed E-state index contributed by atoms with van der Waals surface area (Å²) in [5.41, 5.74) is 0.931. The molecule has 10 heteroatoms. The minimum Gasteiger partial charge on any atom is -0.339 e. The van der Waals surface area contributed by atoms with E-state index in [4.69, 9.17) is 0 Å². The number of thiophene rings is 1. The molecular formula is C23H24N4O4S2. The van der Waals surface area contributed by atoms with E-state index in [1.54, 1.807) is 23.1 Å². The summed E-state index contributed by atoms with van der Waals surface area (Å²) < 4.78 is 27.0. The molecule has 1 aliphatic heterocycles. The third-order valence-corrected chi connectivity index (χ3v) is 8.20. The number of benzene rings is 1. The van der Waals surface area contributed by atoms with Crippen molar-refractivity contribution in [2.24, 2.45) is 0 Å². The molecule has 172 valence electrons. The molecule has 3 aromatic rings. The Morgan fingerprint density at radius 2 is 1.76 bits per heavy atom. The van der Waals surface area contributed by atoms with E-state index in [1.165, 1.54) is 34.1 Å². The number of piperazine rings is 1. The lowest BCUT2D eigenvalue weighted by Crippen LogP contribution is -2.56. The Kier molecular flexibility index (Phi) is 7.17. The van der Waals surface area contributed by atoms with E-state index in [9.17, 15) is 18.0 Å². The Balaban J connectivity index is 1.45. The van der Waals surface area contributed by atoms with Crippen LogP contribution in [0, 0.1) is 0 Å². The van der Waals surface area contributed by atoms with Crippen LogP contribution in [-0.2, 0) is 21.2 Å². The van der Waals surface area contributed by atoms with Gasteiger partial charge >= 0.3 is 0 Å². The standard InChI is InChI=1S/C23H24N4O4S2/c28-22(21-9-5-15-32-21)25-20(16-18-6-2-1-3-7-18)23(29)26-11-13-27(14-12-26)33(30,31)19-8-4-10-24-17-19/h1-10,15,17,20H,11-14,16H2,(H,25,28). The molecule has 1 aromatic carbocycles. The molecule has 1 fully saturated rings. The maximum Gasteiger partial charge on any atom is 0.262 e. The summed E-state index contributed by atoms with van der Waals surface area (Å²) >= 11 is 1.31. The molecule has 33 heavy (non-hydrogen) atoms. The minimum atomic E-state index is -3.66. The molecule has 1 aliphatic rings. The number of hydrogen-bond acceptors (Lipinski definition) is 6. The third-order valence-electron chi connectivity index (χ3n) is 5.45. The number of nitrogens with one attached hydrogen (secondary N) is 1. The van der Waals surface area contributed by atoms with Crippen molar-refractivity contribution in [1.82, 2.24) is 19.5 Å². The lowest BCUT2D eigenvalue weighted by atomic mass is 10.0. The van der Waals surface area contributed by atoms with Gasteiger partial charge in [0.2, 0.25) is 15.9 Å². The van der Waals surface area contributed by atoms with E-state index in [0.717, 1.165) is 5.56 Å². The van der Waals surface area contributed by atoms with Crippen molar-refractivity contribution < 1.29 is 18.0 Å². The molecule has 1 saturated heterocycles. The summed E-state index contributed by atoms with van der Waals surface area (Å²) in [6.07, 6.45) is 3.20. The van der Waals surface area contributed by atoms with Crippen LogP contribution in [0.3, 0.4) is 0 Å². The number of aromatic nitrogens is 1. The number of amides is 2. The molecule has 1 unspecified atom stereocenters. The summed E-state index contributed by atoms with van der Waals surface area (Å²) in [5, 5.41) is 4.68. The molecule has 8 nitrogen and oxygen atoms in total. The molecule has 0 spiro atoms. The van der Waals surface area contributed by atoms with Crippen LogP contribution in [-0.4, -0.2) is 66.6 Å². The summed E-state index contributed by atoms with van der Waals surface area (Å²) in [7, 11) is -3.66. The summed E-state index contributed by atoms with van der Waals surface area (Å²) in [5.74, 6) is -0.515. The molecule has 2 amide bonds. The van der Waals surface area contributed by atoms with E-state index in [1.807, 2.05) is 35.7 Å². The topological polar surface area (TPSA) is 99.7 Å². The van der Waals surface area contributed by atoms with Gasteiger partial charge in [-0.1, -0.05) is 36.4 Å². The number of pyridine rings is 1. The zero-order chi connectivity index (χ0) is 23.3. The lowest BCUT2D eigenvalue weighted by molar-refractivity contribution is -0.134. The van der Waals surface area contributed by atoms with E-state index in [-0.39, 0.29) is 42.9 Å². The van der Waals surface area contributed by atoms with Crippen LogP contribution in [0.5, 0.6) is 0 Å². The molecule has 1 atom stereocenters. The van der Waals surface area contributed by atoms with Gasteiger partial charge in [0, 0.05) is 45.0 Å². The maximum absolute atomic E-state index is 13.4. The van der Waals surface area contributed by atoms with Crippen LogP contribution < -0.4 is 5.32 Å². The van der Waals surface area contributed by atoms with E-state index in [0.29, 0.717) is 11.3 Å². The predicted octanol–water partition coefficient (Wildman–Crippen LogP) is 2.02. The Morgan fingerprint density at radius 3 is 2.39 bits per heavy atom. The van der Waals surface area contributed by atoms with Gasteiger partial charge in [0.1, 0.15) is 10.9 Å².